The smallest absolute Gasteiger partial charge is 0.338 e. The van der Waals surface area contributed by atoms with Gasteiger partial charge in [0.15, 0.2) is 5.69 Å². The topological polar surface area (TPSA) is 93.3 Å². The maximum Gasteiger partial charge on any atom is 0.436 e. The molecule has 0 radical (unpaired) electrons. The number of rotatable bonds is 5. The lowest BCUT2D eigenvalue weighted by Gasteiger charge is -2.35. The molecule has 0 aliphatic carbocycles. The van der Waals surface area contributed by atoms with Crippen molar-refractivity contribution in [3.63, 3.8) is 0 Å². The Morgan fingerprint density at radius 1 is 1.19 bits per heavy atom. The van der Waals surface area contributed by atoms with Gasteiger partial charge in [0.2, 0.25) is 15.9 Å². The van der Waals surface area contributed by atoms with Crippen LogP contribution in [0.25, 0.3) is 0 Å². The van der Waals surface area contributed by atoms with Gasteiger partial charge in [-0.2, -0.15) is 27.7 Å². The average molecular weight is 497 g/mol. The van der Waals surface area contributed by atoms with Crippen molar-refractivity contribution < 1.29 is 26.4 Å². The molecule has 0 spiro atoms. The minimum atomic E-state index is -4.74. The zero-order chi connectivity index (χ0) is 24.0. The van der Waals surface area contributed by atoms with Gasteiger partial charge in [-0.3, -0.25) is 14.2 Å². The van der Waals surface area contributed by atoms with E-state index in [0.717, 1.165) is 4.68 Å². The first kappa shape index (κ1) is 24.5. The van der Waals surface area contributed by atoms with E-state index in [-0.39, 0.29) is 36.8 Å². The first-order chi connectivity index (χ1) is 14.8. The van der Waals surface area contributed by atoms with Gasteiger partial charge >= 0.3 is 6.18 Å². The molecule has 1 atom stereocenters. The van der Waals surface area contributed by atoms with Crippen molar-refractivity contribution in [2.75, 3.05) is 26.2 Å². The molecule has 9 nitrogen and oxygen atoms in total. The largest absolute Gasteiger partial charge is 0.436 e. The molecule has 1 aliphatic rings. The minimum Gasteiger partial charge on any atom is -0.338 e. The highest BCUT2D eigenvalue weighted by molar-refractivity contribution is 7.89. The maximum absolute atomic E-state index is 13.1. The van der Waals surface area contributed by atoms with E-state index in [1.54, 1.807) is 6.92 Å². The fraction of sp³-hybridized carbons (Fsp3) is 0.611. The molecule has 1 saturated heterocycles. The highest BCUT2D eigenvalue weighted by atomic mass is 35.5. The average Bonchev–Trinajstić information content (AvgIpc) is 3.27. The number of hydrogen-bond donors (Lipinski definition) is 0. The van der Waals surface area contributed by atoms with Gasteiger partial charge in [0.1, 0.15) is 10.9 Å². The third-order valence-electron chi connectivity index (χ3n) is 5.46. The lowest BCUT2D eigenvalue weighted by Crippen LogP contribution is -2.52. The number of aromatic nitrogens is 4. The number of aryl methyl sites for hydroxylation is 2. The van der Waals surface area contributed by atoms with E-state index in [4.69, 9.17) is 11.6 Å². The number of alkyl halides is 3. The minimum absolute atomic E-state index is 0.0319. The van der Waals surface area contributed by atoms with Crippen LogP contribution in [0, 0.1) is 13.8 Å². The summed E-state index contributed by atoms with van der Waals surface area (Å²) < 4.78 is 69.0. The normalized spacial score (nSPS) is 17.1. The van der Waals surface area contributed by atoms with E-state index in [1.807, 2.05) is 6.92 Å². The number of amides is 1. The van der Waals surface area contributed by atoms with E-state index >= 15 is 0 Å². The Morgan fingerprint density at radius 2 is 1.78 bits per heavy atom. The van der Waals surface area contributed by atoms with Crippen LogP contribution in [0.4, 0.5) is 13.2 Å². The molecule has 1 fully saturated rings. The van der Waals surface area contributed by atoms with E-state index in [2.05, 4.69) is 10.2 Å². The fourth-order valence-electron chi connectivity index (χ4n) is 3.63. The van der Waals surface area contributed by atoms with E-state index in [0.29, 0.717) is 12.2 Å². The summed E-state index contributed by atoms with van der Waals surface area (Å²) in [5.41, 5.74) is -0.815. The SMILES string of the molecule is CCn1cc(S(=O)(=O)N2CCN(C(=O)C(C)n3nc(C(F)(F)F)c(Cl)c3C)CC2)c(C)n1. The molecule has 0 saturated carbocycles. The zero-order valence-electron chi connectivity index (χ0n) is 18.0. The third-order valence-corrected chi connectivity index (χ3v) is 7.92. The Balaban J connectivity index is 1.72. The number of carbonyl (C=O) groups excluding carboxylic acids is 1. The molecular weight excluding hydrogens is 473 g/mol. The number of nitrogens with zero attached hydrogens (tertiary/aromatic N) is 6. The molecule has 178 valence electrons. The van der Waals surface area contributed by atoms with Crippen LogP contribution in [0.3, 0.4) is 0 Å². The van der Waals surface area contributed by atoms with Crippen LogP contribution in [0.1, 0.15) is 37.0 Å². The monoisotopic (exact) mass is 496 g/mol. The predicted molar refractivity (Wildman–Crippen MR) is 110 cm³/mol. The second-order valence-electron chi connectivity index (χ2n) is 7.53. The molecule has 1 unspecified atom stereocenters. The van der Waals surface area contributed by atoms with Crippen LogP contribution in [0.15, 0.2) is 11.1 Å². The first-order valence-electron chi connectivity index (χ1n) is 9.93. The number of carbonyl (C=O) groups is 1. The lowest BCUT2D eigenvalue weighted by atomic mass is 10.2. The summed E-state index contributed by atoms with van der Waals surface area (Å²) in [5, 5.41) is 7.13. The van der Waals surface area contributed by atoms with Crippen molar-refractivity contribution >= 4 is 27.5 Å². The van der Waals surface area contributed by atoms with Gasteiger partial charge in [-0.05, 0) is 27.7 Å². The molecule has 1 amide bonds. The van der Waals surface area contributed by atoms with Gasteiger partial charge in [-0.1, -0.05) is 11.6 Å². The summed E-state index contributed by atoms with van der Waals surface area (Å²) in [7, 11) is -3.78. The van der Waals surface area contributed by atoms with Crippen molar-refractivity contribution in [1.82, 2.24) is 28.8 Å². The number of sulfonamides is 1. The third kappa shape index (κ3) is 4.37. The maximum atomic E-state index is 13.1. The second-order valence-corrected chi connectivity index (χ2v) is 9.81. The van der Waals surface area contributed by atoms with Crippen LogP contribution < -0.4 is 0 Å². The highest BCUT2D eigenvalue weighted by Gasteiger charge is 2.40. The van der Waals surface area contributed by atoms with Crippen LogP contribution >= 0.6 is 11.6 Å². The van der Waals surface area contributed by atoms with Crippen molar-refractivity contribution in [3.8, 4) is 0 Å². The summed E-state index contributed by atoms with van der Waals surface area (Å²) >= 11 is 5.78. The first-order valence-corrected chi connectivity index (χ1v) is 11.8. The van der Waals surface area contributed by atoms with Gasteiger partial charge < -0.3 is 4.90 Å². The molecule has 1 aliphatic heterocycles. The van der Waals surface area contributed by atoms with E-state index in [9.17, 15) is 26.4 Å². The van der Waals surface area contributed by atoms with Crippen LogP contribution in [-0.2, 0) is 27.5 Å². The van der Waals surface area contributed by atoms with Crippen molar-refractivity contribution in [2.45, 2.75) is 51.4 Å². The summed E-state index contributed by atoms with van der Waals surface area (Å²) in [6.07, 6.45) is -3.26. The molecule has 3 rings (SSSR count). The van der Waals surface area contributed by atoms with Crippen molar-refractivity contribution in [1.29, 1.82) is 0 Å². The van der Waals surface area contributed by atoms with Crippen molar-refractivity contribution in [3.05, 3.63) is 28.3 Å². The molecule has 3 heterocycles. The van der Waals surface area contributed by atoms with E-state index < -0.39 is 38.9 Å². The molecule has 2 aromatic heterocycles. The van der Waals surface area contributed by atoms with Crippen LogP contribution in [0.2, 0.25) is 5.02 Å². The standard InChI is InChI=1S/C18H24ClF3N6O3S/c1-5-26-10-14(11(2)23-26)32(30,31)27-8-6-25(7-9-27)17(29)13(4)28-12(3)15(19)16(24-28)18(20,21)22/h10,13H,5-9H2,1-4H3. The molecule has 0 aromatic carbocycles. The Hall–Kier alpha value is -2.12. The molecule has 2 aromatic rings. The highest BCUT2D eigenvalue weighted by Crippen LogP contribution is 2.36. The Bertz CT molecular complexity index is 1120. The molecular formula is C18H24ClF3N6O3S. The zero-order valence-corrected chi connectivity index (χ0v) is 19.6. The van der Waals surface area contributed by atoms with Crippen molar-refractivity contribution in [2.24, 2.45) is 0 Å². The fourth-order valence-corrected chi connectivity index (χ4v) is 5.45. The summed E-state index contributed by atoms with van der Waals surface area (Å²) in [6.45, 7) is 7.11. The van der Waals surface area contributed by atoms with Gasteiger partial charge in [0.25, 0.3) is 0 Å². The Kier molecular flexibility index (Phi) is 6.64. The molecule has 0 N–H and O–H groups in total. The lowest BCUT2D eigenvalue weighted by molar-refractivity contribution is -0.142. The van der Waals surface area contributed by atoms with Gasteiger partial charge in [-0.15, -0.1) is 0 Å². The Morgan fingerprint density at radius 3 is 2.25 bits per heavy atom. The summed E-state index contributed by atoms with van der Waals surface area (Å²) in [4.78, 5) is 14.4. The predicted octanol–water partition coefficient (Wildman–Crippen LogP) is 2.48. The molecule has 32 heavy (non-hydrogen) atoms. The number of halogens is 4. The number of piperazine rings is 1. The van der Waals surface area contributed by atoms with Gasteiger partial charge in [0, 0.05) is 38.9 Å². The summed E-state index contributed by atoms with van der Waals surface area (Å²) in [6, 6.07) is -1.03. The second kappa shape index (κ2) is 8.67. The van der Waals surface area contributed by atoms with E-state index in [1.165, 1.54) is 33.9 Å². The summed E-state index contributed by atoms with van der Waals surface area (Å²) in [5.74, 6) is -0.465. The Labute approximate surface area is 188 Å². The van der Waals surface area contributed by atoms with Crippen LogP contribution in [0.5, 0.6) is 0 Å². The number of hydrogen-bond acceptors (Lipinski definition) is 5. The van der Waals surface area contributed by atoms with Gasteiger partial charge in [0.05, 0.1) is 16.4 Å². The van der Waals surface area contributed by atoms with Crippen LogP contribution in [-0.4, -0.2) is 69.3 Å². The molecule has 0 bridgehead atoms. The van der Waals surface area contributed by atoms with Gasteiger partial charge in [-0.25, -0.2) is 8.42 Å². The molecule has 14 heteroatoms. The quantitative estimate of drug-likeness (QED) is 0.634.